The Labute approximate surface area is 183 Å². The van der Waals surface area contributed by atoms with E-state index < -0.39 is 5.97 Å². The van der Waals surface area contributed by atoms with E-state index in [0.29, 0.717) is 16.9 Å². The molecule has 0 spiro atoms. The van der Waals surface area contributed by atoms with Crippen LogP contribution >= 0.6 is 15.9 Å². The minimum atomic E-state index is -0.473. The zero-order valence-electron chi connectivity index (χ0n) is 16.3. The first-order chi connectivity index (χ1) is 14.5. The number of carbonyl (C=O) groups excluding carboxylic acids is 2. The number of nitrogens with zero attached hydrogens (tertiary/aromatic N) is 1. The number of rotatable bonds is 7. The number of amides is 1. The third-order valence-corrected chi connectivity index (χ3v) is 4.57. The van der Waals surface area contributed by atoms with Gasteiger partial charge in [-0.15, -0.1) is 0 Å². The Balaban J connectivity index is 1.60. The van der Waals surface area contributed by atoms with E-state index in [1.54, 1.807) is 42.5 Å². The molecule has 7 heteroatoms. The van der Waals surface area contributed by atoms with Crippen LogP contribution in [0, 0.1) is 6.92 Å². The molecule has 0 aliphatic heterocycles. The van der Waals surface area contributed by atoms with Gasteiger partial charge in [-0.25, -0.2) is 10.2 Å². The summed E-state index contributed by atoms with van der Waals surface area (Å²) < 4.78 is 6.27. The predicted molar refractivity (Wildman–Crippen MR) is 121 cm³/mol. The van der Waals surface area contributed by atoms with Gasteiger partial charge in [0, 0.05) is 15.7 Å². The summed E-state index contributed by atoms with van der Waals surface area (Å²) in [5.41, 5.74) is 5.44. The summed E-state index contributed by atoms with van der Waals surface area (Å²) in [4.78, 5) is 24.3. The molecule has 0 fully saturated rings. The van der Waals surface area contributed by atoms with E-state index in [4.69, 9.17) is 4.74 Å². The Kier molecular flexibility index (Phi) is 7.34. The highest BCUT2D eigenvalue weighted by Crippen LogP contribution is 2.23. The first-order valence-corrected chi connectivity index (χ1v) is 10.00. The van der Waals surface area contributed by atoms with E-state index in [0.717, 1.165) is 15.7 Å². The fourth-order valence-electron chi connectivity index (χ4n) is 2.51. The average Bonchev–Trinajstić information content (AvgIpc) is 2.75. The number of ether oxygens (including phenoxy) is 1. The number of benzene rings is 3. The third-order valence-electron chi connectivity index (χ3n) is 4.08. The summed E-state index contributed by atoms with van der Waals surface area (Å²) in [5.74, 6) is -0.439. The molecule has 0 unspecified atom stereocenters. The molecule has 0 heterocycles. The van der Waals surface area contributed by atoms with Gasteiger partial charge >= 0.3 is 5.97 Å². The Morgan fingerprint density at radius 1 is 1.03 bits per heavy atom. The normalized spacial score (nSPS) is 10.6. The summed E-state index contributed by atoms with van der Waals surface area (Å²) in [6, 6.07) is 21.6. The molecule has 30 heavy (non-hydrogen) atoms. The molecule has 0 saturated carbocycles. The van der Waals surface area contributed by atoms with Crippen LogP contribution in [-0.2, 0) is 4.79 Å². The Morgan fingerprint density at radius 2 is 1.77 bits per heavy atom. The van der Waals surface area contributed by atoms with Crippen LogP contribution in [0.15, 0.2) is 82.4 Å². The van der Waals surface area contributed by atoms with Gasteiger partial charge in [-0.05, 0) is 49.4 Å². The van der Waals surface area contributed by atoms with E-state index in [-0.39, 0.29) is 12.5 Å². The predicted octanol–water partition coefficient (Wildman–Crippen LogP) is 4.54. The van der Waals surface area contributed by atoms with Gasteiger partial charge in [0.05, 0.1) is 18.3 Å². The fraction of sp³-hybridized carbons (Fsp3) is 0.0870. The molecule has 2 N–H and O–H groups in total. The van der Waals surface area contributed by atoms with E-state index in [1.165, 1.54) is 6.21 Å². The monoisotopic (exact) mass is 465 g/mol. The van der Waals surface area contributed by atoms with Crippen molar-refractivity contribution in [3.8, 4) is 5.75 Å². The van der Waals surface area contributed by atoms with Crippen LogP contribution in [0.3, 0.4) is 0 Å². The average molecular weight is 466 g/mol. The van der Waals surface area contributed by atoms with Crippen LogP contribution in [-0.4, -0.2) is 24.6 Å². The summed E-state index contributed by atoms with van der Waals surface area (Å²) in [5, 5.41) is 7.00. The van der Waals surface area contributed by atoms with E-state index in [2.05, 4.69) is 31.8 Å². The molecular weight excluding hydrogens is 446 g/mol. The minimum Gasteiger partial charge on any atom is -0.422 e. The number of hydrogen-bond acceptors (Lipinski definition) is 5. The maximum absolute atomic E-state index is 12.3. The van der Waals surface area contributed by atoms with Crippen LogP contribution in [0.5, 0.6) is 5.75 Å². The minimum absolute atomic E-state index is 0.0781. The maximum atomic E-state index is 12.3. The van der Waals surface area contributed by atoms with Crippen molar-refractivity contribution in [2.75, 3.05) is 11.9 Å². The van der Waals surface area contributed by atoms with E-state index in [9.17, 15) is 9.59 Å². The van der Waals surface area contributed by atoms with Gasteiger partial charge in [0.15, 0.2) is 0 Å². The van der Waals surface area contributed by atoms with Crippen molar-refractivity contribution in [1.82, 2.24) is 5.43 Å². The molecule has 152 valence electrons. The zero-order chi connectivity index (χ0) is 21.3. The second-order valence-corrected chi connectivity index (χ2v) is 7.37. The largest absolute Gasteiger partial charge is 0.422 e. The molecule has 3 rings (SSSR count). The van der Waals surface area contributed by atoms with E-state index in [1.807, 2.05) is 37.3 Å². The number of aryl methyl sites for hydroxylation is 1. The summed E-state index contributed by atoms with van der Waals surface area (Å²) in [6.07, 6.45) is 1.43. The van der Waals surface area contributed by atoms with Crippen molar-refractivity contribution in [3.63, 3.8) is 0 Å². The molecule has 3 aromatic carbocycles. The van der Waals surface area contributed by atoms with Crippen molar-refractivity contribution in [1.29, 1.82) is 0 Å². The van der Waals surface area contributed by atoms with Gasteiger partial charge in [-0.1, -0.05) is 51.8 Å². The zero-order valence-corrected chi connectivity index (χ0v) is 17.8. The highest BCUT2D eigenvalue weighted by molar-refractivity contribution is 9.10. The Morgan fingerprint density at radius 3 is 2.50 bits per heavy atom. The number of halogens is 1. The molecule has 1 amide bonds. The first kappa shape index (κ1) is 21.3. The summed E-state index contributed by atoms with van der Waals surface area (Å²) in [7, 11) is 0. The second kappa shape index (κ2) is 10.4. The van der Waals surface area contributed by atoms with Crippen molar-refractivity contribution in [2.24, 2.45) is 5.10 Å². The number of hydrogen-bond donors (Lipinski definition) is 2. The lowest BCUT2D eigenvalue weighted by atomic mass is 10.2. The van der Waals surface area contributed by atoms with Gasteiger partial charge in [0.1, 0.15) is 5.75 Å². The van der Waals surface area contributed by atoms with Crippen molar-refractivity contribution in [2.45, 2.75) is 6.92 Å². The van der Waals surface area contributed by atoms with Crippen molar-refractivity contribution >= 4 is 39.7 Å². The lowest BCUT2D eigenvalue weighted by Crippen LogP contribution is -2.25. The van der Waals surface area contributed by atoms with Crippen LogP contribution in [0.1, 0.15) is 21.5 Å². The first-order valence-electron chi connectivity index (χ1n) is 9.20. The highest BCUT2D eigenvalue weighted by Gasteiger charge is 2.11. The molecule has 0 radical (unpaired) electrons. The van der Waals surface area contributed by atoms with Crippen LogP contribution in [0.4, 0.5) is 5.69 Å². The van der Waals surface area contributed by atoms with Gasteiger partial charge in [-0.3, -0.25) is 4.79 Å². The van der Waals surface area contributed by atoms with Gasteiger partial charge in [0.25, 0.3) is 5.91 Å². The number of anilines is 1. The quantitative estimate of drug-likeness (QED) is 0.232. The molecular formula is C23H20BrN3O3. The Bertz CT molecular complexity index is 1050. The van der Waals surface area contributed by atoms with Crippen LogP contribution in [0.25, 0.3) is 0 Å². The van der Waals surface area contributed by atoms with Crippen molar-refractivity contribution < 1.29 is 14.3 Å². The third kappa shape index (κ3) is 6.28. The molecule has 0 atom stereocenters. The molecule has 0 aromatic heterocycles. The smallest absolute Gasteiger partial charge is 0.343 e. The standard InChI is InChI=1S/C23H20BrN3O3/c1-16-7-10-20(11-8-16)25-15-22(28)27-26-14-18-13-19(24)9-12-21(18)30-23(29)17-5-3-2-4-6-17/h2-14,25H,15H2,1H3,(H,27,28)/b26-14+. The summed E-state index contributed by atoms with van der Waals surface area (Å²) >= 11 is 3.38. The second-order valence-electron chi connectivity index (χ2n) is 6.45. The van der Waals surface area contributed by atoms with Gasteiger partial charge in [-0.2, -0.15) is 5.10 Å². The van der Waals surface area contributed by atoms with Crippen molar-refractivity contribution in [3.05, 3.63) is 94.0 Å². The lowest BCUT2D eigenvalue weighted by Gasteiger charge is -2.08. The number of nitrogens with one attached hydrogen (secondary N) is 2. The lowest BCUT2D eigenvalue weighted by molar-refractivity contribution is -0.119. The van der Waals surface area contributed by atoms with Crippen LogP contribution < -0.4 is 15.5 Å². The molecule has 0 saturated heterocycles. The molecule has 3 aromatic rings. The molecule has 0 aliphatic rings. The molecule has 0 aliphatic carbocycles. The molecule has 0 bridgehead atoms. The number of hydrazone groups is 1. The SMILES string of the molecule is Cc1ccc(NCC(=O)N/N=C/c2cc(Br)ccc2OC(=O)c2ccccc2)cc1. The highest BCUT2D eigenvalue weighted by atomic mass is 79.9. The number of esters is 1. The topological polar surface area (TPSA) is 79.8 Å². The van der Waals surface area contributed by atoms with Gasteiger partial charge in [0.2, 0.25) is 0 Å². The summed E-state index contributed by atoms with van der Waals surface area (Å²) in [6.45, 7) is 2.08. The fourth-order valence-corrected chi connectivity index (χ4v) is 2.89. The maximum Gasteiger partial charge on any atom is 0.343 e. The van der Waals surface area contributed by atoms with E-state index >= 15 is 0 Å². The van der Waals surface area contributed by atoms with Gasteiger partial charge < -0.3 is 10.1 Å². The Hall–Kier alpha value is -3.45. The number of carbonyl (C=O) groups is 2. The molecule has 6 nitrogen and oxygen atoms in total. The van der Waals surface area contributed by atoms with Crippen LogP contribution in [0.2, 0.25) is 0 Å².